The summed E-state index contributed by atoms with van der Waals surface area (Å²) in [6.07, 6.45) is -1.66. The molecule has 3 N–H and O–H groups in total. The Morgan fingerprint density at radius 3 is 2.64 bits per heavy atom. The van der Waals surface area contributed by atoms with E-state index in [0.717, 1.165) is 12.8 Å². The van der Waals surface area contributed by atoms with Crippen LogP contribution in [-0.2, 0) is 11.0 Å². The van der Waals surface area contributed by atoms with E-state index in [-0.39, 0.29) is 17.0 Å². The van der Waals surface area contributed by atoms with Crippen LogP contribution in [0.1, 0.15) is 31.6 Å². The van der Waals surface area contributed by atoms with Crippen molar-refractivity contribution in [3.63, 3.8) is 0 Å². The zero-order valence-electron chi connectivity index (χ0n) is 11.5. The molecule has 2 aromatic rings. The van der Waals surface area contributed by atoms with Crippen molar-refractivity contribution < 1.29 is 22.4 Å². The normalized spacial score (nSPS) is 17.8. The molecule has 1 aliphatic carbocycles. The third-order valence-electron chi connectivity index (χ3n) is 3.84. The largest absolute Gasteiger partial charge is 0.468 e. The molecule has 1 saturated carbocycles. The summed E-state index contributed by atoms with van der Waals surface area (Å²) in [6.45, 7) is 0. The first kappa shape index (κ1) is 14.8. The van der Waals surface area contributed by atoms with Crippen molar-refractivity contribution in [3.8, 4) is 0 Å². The number of benzene rings is 1. The van der Waals surface area contributed by atoms with Crippen LogP contribution >= 0.6 is 0 Å². The van der Waals surface area contributed by atoms with Crippen LogP contribution in [0.25, 0.3) is 11.1 Å². The van der Waals surface area contributed by atoms with Gasteiger partial charge in [-0.1, -0.05) is 12.8 Å². The number of aromatic nitrogens is 1. The molecular weight excluding hydrogens is 299 g/mol. The number of alkyl halides is 3. The van der Waals surface area contributed by atoms with Crippen molar-refractivity contribution in [1.29, 1.82) is 0 Å². The summed E-state index contributed by atoms with van der Waals surface area (Å²) < 4.78 is 42.3. The lowest BCUT2D eigenvalue weighted by Crippen LogP contribution is -2.48. The van der Waals surface area contributed by atoms with Crippen LogP contribution < -0.4 is 11.1 Å². The van der Waals surface area contributed by atoms with Gasteiger partial charge in [0.25, 0.3) is 0 Å². The fourth-order valence-corrected chi connectivity index (χ4v) is 2.61. The zero-order valence-corrected chi connectivity index (χ0v) is 11.5. The number of anilines is 1. The highest BCUT2D eigenvalue weighted by Crippen LogP contribution is 2.32. The Morgan fingerprint density at radius 1 is 1.32 bits per heavy atom. The zero-order chi connectivity index (χ0) is 16.0. The van der Waals surface area contributed by atoms with Crippen LogP contribution in [0.15, 0.2) is 22.6 Å². The minimum atomic E-state index is -4.65. The van der Waals surface area contributed by atoms with E-state index in [1.807, 2.05) is 0 Å². The molecule has 8 heteroatoms. The first-order valence-electron chi connectivity index (χ1n) is 6.86. The van der Waals surface area contributed by atoms with Gasteiger partial charge in [0.2, 0.25) is 5.91 Å². The molecule has 0 radical (unpaired) electrons. The molecule has 5 nitrogen and oxygen atoms in total. The second kappa shape index (κ2) is 4.98. The maximum Gasteiger partial charge on any atom is 0.468 e. The molecule has 22 heavy (non-hydrogen) atoms. The molecule has 0 unspecified atom stereocenters. The van der Waals surface area contributed by atoms with Gasteiger partial charge in [0, 0.05) is 5.69 Å². The minimum absolute atomic E-state index is 0.00801. The maximum absolute atomic E-state index is 12.5. The molecule has 0 atom stereocenters. The van der Waals surface area contributed by atoms with Crippen LogP contribution in [0.5, 0.6) is 0 Å². The van der Waals surface area contributed by atoms with E-state index in [4.69, 9.17) is 5.73 Å². The lowest BCUT2D eigenvalue weighted by molar-refractivity contribution is -0.156. The Labute approximate surface area is 123 Å². The third kappa shape index (κ3) is 2.66. The number of hydrogen-bond donors (Lipinski definition) is 2. The highest BCUT2D eigenvalue weighted by molar-refractivity contribution is 5.99. The van der Waals surface area contributed by atoms with Crippen LogP contribution in [0.2, 0.25) is 0 Å². The summed E-state index contributed by atoms with van der Waals surface area (Å²) >= 11 is 0. The fraction of sp³-hybridized carbons (Fsp3) is 0.429. The molecule has 118 valence electrons. The lowest BCUT2D eigenvalue weighted by Gasteiger charge is -2.22. The summed E-state index contributed by atoms with van der Waals surface area (Å²) in [5, 5.41) is 2.64. The van der Waals surface area contributed by atoms with Gasteiger partial charge in [0.15, 0.2) is 5.58 Å². The molecule has 1 aliphatic rings. The standard InChI is InChI=1S/C14H14F3N3O2/c15-14(16,17)12-20-9-7-8(3-4-10(9)22-12)19-11(21)13(18)5-1-2-6-13/h3-4,7H,1-2,5-6,18H2,(H,19,21). The van der Waals surface area contributed by atoms with Gasteiger partial charge < -0.3 is 15.5 Å². The molecular formula is C14H14F3N3O2. The number of nitrogens with zero attached hydrogens (tertiary/aromatic N) is 1. The van der Waals surface area contributed by atoms with E-state index in [9.17, 15) is 18.0 Å². The van der Waals surface area contributed by atoms with Crippen LogP contribution in [-0.4, -0.2) is 16.4 Å². The Balaban J connectivity index is 1.84. The van der Waals surface area contributed by atoms with Gasteiger partial charge in [0.05, 0.1) is 5.54 Å². The van der Waals surface area contributed by atoms with E-state index in [1.165, 1.54) is 18.2 Å². The summed E-state index contributed by atoms with van der Waals surface area (Å²) in [7, 11) is 0. The highest BCUT2D eigenvalue weighted by atomic mass is 19.4. The van der Waals surface area contributed by atoms with Crippen molar-refractivity contribution in [2.45, 2.75) is 37.4 Å². The average Bonchev–Trinajstić information content (AvgIpc) is 3.04. The van der Waals surface area contributed by atoms with Gasteiger partial charge in [0.1, 0.15) is 5.52 Å². The SMILES string of the molecule is NC1(C(=O)Nc2ccc3oc(C(F)(F)F)nc3c2)CCCC1. The predicted octanol–water partition coefficient (Wildman–Crippen LogP) is 3.06. The predicted molar refractivity (Wildman–Crippen MR) is 73.0 cm³/mol. The lowest BCUT2D eigenvalue weighted by atomic mass is 9.98. The van der Waals surface area contributed by atoms with E-state index in [1.54, 1.807) is 0 Å². The van der Waals surface area contributed by atoms with Gasteiger partial charge >= 0.3 is 12.1 Å². The maximum atomic E-state index is 12.5. The van der Waals surface area contributed by atoms with Crippen molar-refractivity contribution in [3.05, 3.63) is 24.1 Å². The first-order valence-corrected chi connectivity index (χ1v) is 6.86. The Bertz CT molecular complexity index is 718. The number of hydrogen-bond acceptors (Lipinski definition) is 4. The van der Waals surface area contributed by atoms with E-state index in [0.29, 0.717) is 18.5 Å². The quantitative estimate of drug-likeness (QED) is 0.893. The molecule has 0 bridgehead atoms. The topological polar surface area (TPSA) is 81.2 Å². The molecule has 1 aromatic carbocycles. The molecule has 1 aromatic heterocycles. The second-order valence-corrected chi connectivity index (χ2v) is 5.52. The van der Waals surface area contributed by atoms with Crippen molar-refractivity contribution >= 4 is 22.7 Å². The molecule has 0 aliphatic heterocycles. The first-order chi connectivity index (χ1) is 10.3. The number of carbonyl (C=O) groups is 1. The van der Waals surface area contributed by atoms with E-state index in [2.05, 4.69) is 14.7 Å². The number of carbonyl (C=O) groups excluding carboxylic acids is 1. The smallest absolute Gasteiger partial charge is 0.433 e. The van der Waals surface area contributed by atoms with Gasteiger partial charge in [-0.25, -0.2) is 4.98 Å². The van der Waals surface area contributed by atoms with Crippen LogP contribution in [0.3, 0.4) is 0 Å². The summed E-state index contributed by atoms with van der Waals surface area (Å²) in [6, 6.07) is 4.14. The monoisotopic (exact) mass is 313 g/mol. The number of rotatable bonds is 2. The number of oxazole rings is 1. The Hall–Kier alpha value is -2.09. The minimum Gasteiger partial charge on any atom is -0.433 e. The van der Waals surface area contributed by atoms with E-state index < -0.39 is 17.6 Å². The molecule has 0 spiro atoms. The van der Waals surface area contributed by atoms with Gasteiger partial charge in [-0.3, -0.25) is 4.79 Å². The number of amides is 1. The van der Waals surface area contributed by atoms with Crippen molar-refractivity contribution in [1.82, 2.24) is 4.98 Å². The van der Waals surface area contributed by atoms with E-state index >= 15 is 0 Å². The Morgan fingerprint density at radius 2 is 2.00 bits per heavy atom. The number of nitrogens with one attached hydrogen (secondary N) is 1. The number of fused-ring (bicyclic) bond motifs is 1. The van der Waals surface area contributed by atoms with Gasteiger partial charge in [-0.2, -0.15) is 13.2 Å². The third-order valence-corrected chi connectivity index (χ3v) is 3.84. The van der Waals surface area contributed by atoms with Crippen LogP contribution in [0, 0.1) is 0 Å². The van der Waals surface area contributed by atoms with Gasteiger partial charge in [-0.05, 0) is 31.0 Å². The molecule has 1 fully saturated rings. The molecule has 0 saturated heterocycles. The van der Waals surface area contributed by atoms with Gasteiger partial charge in [-0.15, -0.1) is 0 Å². The van der Waals surface area contributed by atoms with Crippen molar-refractivity contribution in [2.24, 2.45) is 5.73 Å². The summed E-state index contributed by atoms with van der Waals surface area (Å²) in [5.74, 6) is -1.64. The highest BCUT2D eigenvalue weighted by Gasteiger charge is 2.38. The average molecular weight is 313 g/mol. The van der Waals surface area contributed by atoms with Crippen molar-refractivity contribution in [2.75, 3.05) is 5.32 Å². The van der Waals surface area contributed by atoms with Crippen LogP contribution in [0.4, 0.5) is 18.9 Å². The Kier molecular flexibility index (Phi) is 3.36. The summed E-state index contributed by atoms with van der Waals surface area (Å²) in [4.78, 5) is 15.6. The molecule has 1 heterocycles. The molecule has 3 rings (SSSR count). The second-order valence-electron chi connectivity index (χ2n) is 5.52. The fourth-order valence-electron chi connectivity index (χ4n) is 2.61. The number of halogens is 3. The number of nitrogens with two attached hydrogens (primary N) is 1. The molecule has 1 amide bonds. The summed E-state index contributed by atoms with van der Waals surface area (Å²) in [5.41, 5.74) is 5.50.